The second-order valence-electron chi connectivity index (χ2n) is 6.27. The van der Waals surface area contributed by atoms with Gasteiger partial charge < -0.3 is 15.4 Å². The first-order valence-corrected chi connectivity index (χ1v) is 9.86. The van der Waals surface area contributed by atoms with Gasteiger partial charge in [-0.25, -0.2) is 0 Å². The highest BCUT2D eigenvalue weighted by atomic mass is 79.9. The zero-order valence-corrected chi connectivity index (χ0v) is 18.2. The van der Waals surface area contributed by atoms with Crippen molar-refractivity contribution in [2.45, 2.75) is 26.4 Å². The molecule has 0 radical (unpaired) electrons. The summed E-state index contributed by atoms with van der Waals surface area (Å²) in [7, 11) is 1.60. The lowest BCUT2D eigenvalue weighted by atomic mass is 10.1. The van der Waals surface area contributed by atoms with Gasteiger partial charge in [-0.15, -0.1) is 0 Å². The molecule has 148 valence electrons. The van der Waals surface area contributed by atoms with E-state index in [-0.39, 0.29) is 23.0 Å². The van der Waals surface area contributed by atoms with Crippen LogP contribution in [0.2, 0.25) is 0 Å². The first kappa shape index (κ1) is 21.8. The fourth-order valence-corrected chi connectivity index (χ4v) is 2.99. The summed E-state index contributed by atoms with van der Waals surface area (Å²) in [5, 5.41) is 8.36. The number of anilines is 1. The smallest absolute Gasteiger partial charge is 0.257 e. The van der Waals surface area contributed by atoms with Gasteiger partial charge in [-0.05, 0) is 77.9 Å². The molecule has 8 heteroatoms. The van der Waals surface area contributed by atoms with Crippen molar-refractivity contribution in [3.63, 3.8) is 0 Å². The number of carbonyl (C=O) groups is 2. The molecule has 28 heavy (non-hydrogen) atoms. The van der Waals surface area contributed by atoms with Gasteiger partial charge in [-0.1, -0.05) is 12.1 Å². The van der Waals surface area contributed by atoms with Gasteiger partial charge in [0.25, 0.3) is 5.91 Å². The predicted molar refractivity (Wildman–Crippen MR) is 118 cm³/mol. The largest absolute Gasteiger partial charge is 0.490 e. The van der Waals surface area contributed by atoms with Crippen LogP contribution in [0.15, 0.2) is 46.9 Å². The molecule has 0 bridgehead atoms. The van der Waals surface area contributed by atoms with Crippen LogP contribution in [-0.4, -0.2) is 30.1 Å². The number of hydrogen-bond acceptors (Lipinski definition) is 4. The van der Waals surface area contributed by atoms with Crippen LogP contribution in [0.5, 0.6) is 5.75 Å². The molecular weight excluding hydrogens is 442 g/mol. The van der Waals surface area contributed by atoms with Gasteiger partial charge in [0.1, 0.15) is 5.75 Å². The molecule has 0 unspecified atom stereocenters. The summed E-state index contributed by atoms with van der Waals surface area (Å²) in [6.45, 7) is 3.87. The van der Waals surface area contributed by atoms with Gasteiger partial charge in [0.2, 0.25) is 5.91 Å². The zero-order valence-electron chi connectivity index (χ0n) is 15.8. The molecule has 2 amide bonds. The van der Waals surface area contributed by atoms with Crippen molar-refractivity contribution in [2.75, 3.05) is 12.4 Å². The van der Waals surface area contributed by atoms with E-state index in [4.69, 9.17) is 17.0 Å². The minimum Gasteiger partial charge on any atom is -0.490 e. The van der Waals surface area contributed by atoms with E-state index in [9.17, 15) is 9.59 Å². The third-order valence-electron chi connectivity index (χ3n) is 3.64. The van der Waals surface area contributed by atoms with Crippen LogP contribution in [0, 0.1) is 0 Å². The van der Waals surface area contributed by atoms with E-state index in [1.807, 2.05) is 26.0 Å². The number of nitrogens with one attached hydrogen (secondary N) is 3. The Morgan fingerprint density at radius 3 is 2.39 bits per heavy atom. The van der Waals surface area contributed by atoms with Gasteiger partial charge in [0.05, 0.1) is 17.0 Å². The van der Waals surface area contributed by atoms with Gasteiger partial charge >= 0.3 is 0 Å². The van der Waals surface area contributed by atoms with Crippen molar-refractivity contribution >= 4 is 50.8 Å². The molecule has 0 saturated carbocycles. The van der Waals surface area contributed by atoms with Crippen LogP contribution < -0.4 is 20.7 Å². The molecule has 0 fully saturated rings. The number of rotatable bonds is 6. The first-order chi connectivity index (χ1) is 13.3. The van der Waals surface area contributed by atoms with Crippen molar-refractivity contribution in [1.82, 2.24) is 10.6 Å². The highest BCUT2D eigenvalue weighted by molar-refractivity contribution is 9.10. The van der Waals surface area contributed by atoms with E-state index in [0.29, 0.717) is 27.9 Å². The van der Waals surface area contributed by atoms with Crippen molar-refractivity contribution in [3.8, 4) is 5.75 Å². The summed E-state index contributed by atoms with van der Waals surface area (Å²) in [5.74, 6) is 0.286. The predicted octanol–water partition coefficient (Wildman–Crippen LogP) is 3.65. The number of likely N-dealkylation sites (N-methyl/N-ethyl adjacent to an activating group) is 1. The lowest BCUT2D eigenvalue weighted by Crippen LogP contribution is -2.34. The Hall–Kier alpha value is -2.45. The van der Waals surface area contributed by atoms with Crippen LogP contribution in [0.4, 0.5) is 5.69 Å². The Bertz CT molecular complexity index is 869. The Morgan fingerprint density at radius 1 is 1.14 bits per heavy atom. The van der Waals surface area contributed by atoms with Gasteiger partial charge in [0, 0.05) is 18.3 Å². The van der Waals surface area contributed by atoms with Crippen LogP contribution in [-0.2, 0) is 11.2 Å². The zero-order chi connectivity index (χ0) is 20.7. The number of ether oxygens (including phenoxy) is 1. The third kappa shape index (κ3) is 6.61. The van der Waals surface area contributed by atoms with E-state index in [2.05, 4.69) is 31.9 Å². The monoisotopic (exact) mass is 463 g/mol. The number of hydrogen-bond donors (Lipinski definition) is 3. The maximum Gasteiger partial charge on any atom is 0.257 e. The van der Waals surface area contributed by atoms with Gasteiger partial charge in [-0.2, -0.15) is 0 Å². The Labute approximate surface area is 178 Å². The summed E-state index contributed by atoms with van der Waals surface area (Å²) in [5.41, 5.74) is 2.05. The first-order valence-electron chi connectivity index (χ1n) is 8.66. The van der Waals surface area contributed by atoms with Gasteiger partial charge in [-0.3, -0.25) is 14.9 Å². The standard InChI is InChI=1S/C20H22BrN3O3S/c1-12(2)27-17-9-6-14(11-16(17)21)19(26)24-20(28)23-15-7-4-13(5-8-15)10-18(25)22-3/h4-9,11-12H,10H2,1-3H3,(H,22,25)(H2,23,24,26,28). The highest BCUT2D eigenvalue weighted by Gasteiger charge is 2.12. The quantitative estimate of drug-likeness (QED) is 0.569. The maximum atomic E-state index is 12.4. The van der Waals surface area contributed by atoms with Crippen molar-refractivity contribution in [1.29, 1.82) is 0 Å². The second kappa shape index (κ2) is 10.2. The van der Waals surface area contributed by atoms with E-state index in [1.165, 1.54) is 0 Å². The summed E-state index contributed by atoms with van der Waals surface area (Å²) >= 11 is 8.62. The molecule has 6 nitrogen and oxygen atoms in total. The SMILES string of the molecule is CNC(=O)Cc1ccc(NC(=S)NC(=O)c2ccc(OC(C)C)c(Br)c2)cc1. The summed E-state index contributed by atoms with van der Waals surface area (Å²) < 4.78 is 6.33. The topological polar surface area (TPSA) is 79.5 Å². The van der Waals surface area contributed by atoms with E-state index in [0.717, 1.165) is 5.56 Å². The van der Waals surface area contributed by atoms with Crippen molar-refractivity contribution < 1.29 is 14.3 Å². The Kier molecular flexibility index (Phi) is 7.95. The number of benzene rings is 2. The third-order valence-corrected chi connectivity index (χ3v) is 4.46. The summed E-state index contributed by atoms with van der Waals surface area (Å²) in [6, 6.07) is 12.3. The molecule has 0 aliphatic carbocycles. The molecule has 0 saturated heterocycles. The second-order valence-corrected chi connectivity index (χ2v) is 7.53. The van der Waals surface area contributed by atoms with Crippen LogP contribution in [0.1, 0.15) is 29.8 Å². The minimum atomic E-state index is -0.328. The highest BCUT2D eigenvalue weighted by Crippen LogP contribution is 2.27. The fourth-order valence-electron chi connectivity index (χ4n) is 2.31. The Balaban J connectivity index is 1.94. The average Bonchev–Trinajstić information content (AvgIpc) is 2.64. The molecule has 0 spiro atoms. The fraction of sp³-hybridized carbons (Fsp3) is 0.250. The molecule has 0 atom stereocenters. The maximum absolute atomic E-state index is 12.4. The molecule has 0 aliphatic rings. The lowest BCUT2D eigenvalue weighted by molar-refractivity contribution is -0.119. The molecule has 3 N–H and O–H groups in total. The molecule has 2 aromatic rings. The number of halogens is 1. The normalized spacial score (nSPS) is 10.3. The molecule has 0 heterocycles. The van der Waals surface area contributed by atoms with Crippen LogP contribution >= 0.6 is 28.1 Å². The number of thiocarbonyl (C=S) groups is 1. The number of carbonyl (C=O) groups excluding carboxylic acids is 2. The van der Waals surface area contributed by atoms with Crippen LogP contribution in [0.3, 0.4) is 0 Å². The molecule has 0 aromatic heterocycles. The van der Waals surface area contributed by atoms with Crippen molar-refractivity contribution in [2.24, 2.45) is 0 Å². The Morgan fingerprint density at radius 2 is 1.82 bits per heavy atom. The van der Waals surface area contributed by atoms with Gasteiger partial charge in [0.15, 0.2) is 5.11 Å². The average molecular weight is 464 g/mol. The minimum absolute atomic E-state index is 0.0375. The summed E-state index contributed by atoms with van der Waals surface area (Å²) in [6.07, 6.45) is 0.346. The van der Waals surface area contributed by atoms with Crippen LogP contribution in [0.25, 0.3) is 0 Å². The van der Waals surface area contributed by atoms with E-state index >= 15 is 0 Å². The van der Waals surface area contributed by atoms with Crippen molar-refractivity contribution in [3.05, 3.63) is 58.1 Å². The van der Waals surface area contributed by atoms with E-state index in [1.54, 1.807) is 37.4 Å². The molecule has 2 rings (SSSR count). The number of amides is 2. The lowest BCUT2D eigenvalue weighted by Gasteiger charge is -2.13. The molecular formula is C20H22BrN3O3S. The summed E-state index contributed by atoms with van der Waals surface area (Å²) in [4.78, 5) is 23.8. The molecule has 0 aliphatic heterocycles. The molecule has 2 aromatic carbocycles. The van der Waals surface area contributed by atoms with E-state index < -0.39 is 0 Å².